The molecule has 11 heteroatoms. The molecule has 1 aliphatic heterocycles. The predicted molar refractivity (Wildman–Crippen MR) is 184 cm³/mol. The zero-order valence-electron chi connectivity index (χ0n) is 27.1. The first-order valence-electron chi connectivity index (χ1n) is 15.7. The van der Waals surface area contributed by atoms with Gasteiger partial charge in [0.1, 0.15) is 11.6 Å². The first kappa shape index (κ1) is 33.7. The summed E-state index contributed by atoms with van der Waals surface area (Å²) < 4.78 is 5.87. The fourth-order valence-corrected chi connectivity index (χ4v) is 5.75. The Morgan fingerprint density at radius 1 is 0.915 bits per heavy atom. The summed E-state index contributed by atoms with van der Waals surface area (Å²) in [6, 6.07) is 18.3. The van der Waals surface area contributed by atoms with Crippen LogP contribution in [0.2, 0.25) is 5.02 Å². The Morgan fingerprint density at radius 3 is 2.30 bits per heavy atom. The summed E-state index contributed by atoms with van der Waals surface area (Å²) in [5.74, 6) is -1.21. The van der Waals surface area contributed by atoms with Gasteiger partial charge in [0.15, 0.2) is 11.2 Å². The molecule has 1 atom stereocenters. The number of amides is 3. The highest BCUT2D eigenvalue weighted by Gasteiger charge is 2.31. The maximum atomic E-state index is 14.0. The molecule has 0 bridgehead atoms. The Kier molecular flexibility index (Phi) is 10.6. The number of para-hydroxylation sites is 1. The molecular weight excluding hydrogens is 618 g/mol. The van der Waals surface area contributed by atoms with Crippen LogP contribution in [0.25, 0.3) is 11.0 Å². The summed E-state index contributed by atoms with van der Waals surface area (Å²) in [6.07, 6.45) is 0.216. The molecule has 0 saturated carbocycles. The van der Waals surface area contributed by atoms with Crippen LogP contribution >= 0.6 is 11.6 Å². The topological polar surface area (TPSA) is 115 Å². The standard InChI is InChI=1S/C36H40ClN5O5/c1-23-19-28-31(43)22-33(47-32(28)20-24(23)2)35(45)39-29(21-25-9-11-26(37)12-10-25)36(46)42-17-15-41(16-18-42)30-8-6-5-7-27(30)34(44)38-13-14-40(3)4/h5-12,19-20,22,29H,13-18,21H2,1-4H3,(H,38,44)(H,39,45)/t29-/m1/s1. The highest BCUT2D eigenvalue weighted by Crippen LogP contribution is 2.23. The molecule has 5 rings (SSSR count). The van der Waals surface area contributed by atoms with Crippen LogP contribution in [-0.2, 0) is 11.2 Å². The molecule has 3 aromatic carbocycles. The third kappa shape index (κ3) is 8.19. The van der Waals surface area contributed by atoms with Crippen LogP contribution < -0.4 is 21.0 Å². The lowest BCUT2D eigenvalue weighted by Gasteiger charge is -2.38. The number of anilines is 1. The highest BCUT2D eigenvalue weighted by molar-refractivity contribution is 6.30. The van der Waals surface area contributed by atoms with Crippen molar-refractivity contribution in [3.8, 4) is 0 Å². The van der Waals surface area contributed by atoms with Crippen molar-refractivity contribution in [3.63, 3.8) is 0 Å². The lowest BCUT2D eigenvalue weighted by molar-refractivity contribution is -0.133. The van der Waals surface area contributed by atoms with Crippen molar-refractivity contribution in [1.29, 1.82) is 0 Å². The van der Waals surface area contributed by atoms with Gasteiger partial charge in [0.25, 0.3) is 11.8 Å². The monoisotopic (exact) mass is 657 g/mol. The van der Waals surface area contributed by atoms with Gasteiger partial charge in [-0.25, -0.2) is 0 Å². The van der Waals surface area contributed by atoms with Gasteiger partial charge in [-0.2, -0.15) is 0 Å². The number of nitrogens with zero attached hydrogens (tertiary/aromatic N) is 3. The van der Waals surface area contributed by atoms with Crippen LogP contribution in [0.4, 0.5) is 5.69 Å². The largest absolute Gasteiger partial charge is 0.451 e. The van der Waals surface area contributed by atoms with E-state index in [2.05, 4.69) is 15.5 Å². The van der Waals surface area contributed by atoms with Crippen molar-refractivity contribution < 1.29 is 18.8 Å². The lowest BCUT2D eigenvalue weighted by Crippen LogP contribution is -2.55. The van der Waals surface area contributed by atoms with E-state index in [1.807, 2.05) is 69.2 Å². The Balaban J connectivity index is 1.32. The van der Waals surface area contributed by atoms with E-state index in [-0.39, 0.29) is 29.4 Å². The first-order chi connectivity index (χ1) is 22.5. The summed E-state index contributed by atoms with van der Waals surface area (Å²) >= 11 is 6.09. The zero-order chi connectivity index (χ0) is 33.7. The number of aryl methyl sites for hydroxylation is 2. The van der Waals surface area contributed by atoms with Gasteiger partial charge in [-0.3, -0.25) is 19.2 Å². The maximum Gasteiger partial charge on any atom is 0.287 e. The van der Waals surface area contributed by atoms with E-state index >= 15 is 0 Å². The number of nitrogens with one attached hydrogen (secondary N) is 2. The molecule has 0 unspecified atom stereocenters. The van der Waals surface area contributed by atoms with Crippen molar-refractivity contribution in [1.82, 2.24) is 20.4 Å². The van der Waals surface area contributed by atoms with Crippen LogP contribution in [0.3, 0.4) is 0 Å². The number of halogens is 1. The third-order valence-corrected chi connectivity index (χ3v) is 8.70. The van der Waals surface area contributed by atoms with Gasteiger partial charge in [0.2, 0.25) is 5.91 Å². The lowest BCUT2D eigenvalue weighted by atomic mass is 10.0. The second-order valence-corrected chi connectivity index (χ2v) is 12.6. The summed E-state index contributed by atoms with van der Waals surface area (Å²) in [5.41, 5.74) is 4.07. The average Bonchev–Trinajstić information content (AvgIpc) is 3.05. The van der Waals surface area contributed by atoms with Gasteiger partial charge in [-0.05, 0) is 81.0 Å². The summed E-state index contributed by atoms with van der Waals surface area (Å²) in [7, 11) is 3.91. The Morgan fingerprint density at radius 2 is 1.60 bits per heavy atom. The molecule has 3 amide bonds. The molecule has 246 valence electrons. The number of piperazine rings is 1. The van der Waals surface area contributed by atoms with E-state index in [9.17, 15) is 19.2 Å². The molecule has 1 aromatic heterocycles. The van der Waals surface area contributed by atoms with Crippen LogP contribution in [0.5, 0.6) is 0 Å². The molecule has 10 nitrogen and oxygen atoms in total. The molecule has 0 aliphatic carbocycles. The van der Waals surface area contributed by atoms with E-state index in [1.165, 1.54) is 6.07 Å². The van der Waals surface area contributed by atoms with Crippen molar-refractivity contribution in [2.45, 2.75) is 26.3 Å². The molecule has 47 heavy (non-hydrogen) atoms. The van der Waals surface area contributed by atoms with Crippen molar-refractivity contribution in [2.75, 3.05) is 58.3 Å². The van der Waals surface area contributed by atoms with Crippen LogP contribution in [0, 0.1) is 13.8 Å². The highest BCUT2D eigenvalue weighted by atomic mass is 35.5. The van der Waals surface area contributed by atoms with Crippen molar-refractivity contribution in [3.05, 3.63) is 110 Å². The smallest absolute Gasteiger partial charge is 0.287 e. The fraction of sp³-hybridized carbons (Fsp3) is 0.333. The normalized spacial score (nSPS) is 13.9. The summed E-state index contributed by atoms with van der Waals surface area (Å²) in [4.78, 5) is 59.2. The van der Waals surface area contributed by atoms with Crippen LogP contribution in [-0.4, -0.2) is 86.9 Å². The van der Waals surface area contributed by atoms with E-state index < -0.39 is 11.9 Å². The molecular formula is C36H40ClN5O5. The summed E-state index contributed by atoms with van der Waals surface area (Å²) in [6.45, 7) is 6.88. The second kappa shape index (κ2) is 14.8. The van der Waals surface area contributed by atoms with Gasteiger partial charge in [0, 0.05) is 62.5 Å². The SMILES string of the molecule is Cc1cc2oc(C(=O)N[C@H](Cc3ccc(Cl)cc3)C(=O)N3CCN(c4ccccc4C(=O)NCCN(C)C)CC3)cc(=O)c2cc1C. The summed E-state index contributed by atoms with van der Waals surface area (Å²) in [5, 5.41) is 6.78. The first-order valence-corrected chi connectivity index (χ1v) is 16.0. The molecule has 2 heterocycles. The van der Waals surface area contributed by atoms with Gasteiger partial charge in [-0.1, -0.05) is 35.9 Å². The van der Waals surface area contributed by atoms with E-state index in [0.29, 0.717) is 54.3 Å². The van der Waals surface area contributed by atoms with E-state index in [0.717, 1.165) is 28.9 Å². The molecule has 1 saturated heterocycles. The number of hydrogen-bond acceptors (Lipinski definition) is 7. The minimum Gasteiger partial charge on any atom is -0.451 e. The van der Waals surface area contributed by atoms with E-state index in [1.54, 1.807) is 29.2 Å². The molecule has 1 fully saturated rings. The minimum absolute atomic E-state index is 0.141. The number of fused-ring (bicyclic) bond motifs is 1. The molecule has 0 spiro atoms. The van der Waals surface area contributed by atoms with Gasteiger partial charge < -0.3 is 29.8 Å². The average molecular weight is 658 g/mol. The van der Waals surface area contributed by atoms with Crippen molar-refractivity contribution in [2.24, 2.45) is 0 Å². The Labute approximate surface area is 279 Å². The number of rotatable bonds is 10. The molecule has 0 radical (unpaired) electrons. The number of carbonyl (C=O) groups excluding carboxylic acids is 3. The minimum atomic E-state index is -0.925. The van der Waals surface area contributed by atoms with Gasteiger partial charge >= 0.3 is 0 Å². The second-order valence-electron chi connectivity index (χ2n) is 12.2. The number of benzene rings is 3. The quantitative estimate of drug-likeness (QED) is 0.265. The fourth-order valence-electron chi connectivity index (χ4n) is 5.63. The maximum absolute atomic E-state index is 14.0. The predicted octanol–water partition coefficient (Wildman–Crippen LogP) is 4.04. The van der Waals surface area contributed by atoms with Crippen molar-refractivity contribution >= 4 is 46.0 Å². The van der Waals surface area contributed by atoms with Gasteiger partial charge in [0.05, 0.1) is 10.9 Å². The van der Waals surface area contributed by atoms with Gasteiger partial charge in [-0.15, -0.1) is 0 Å². The third-order valence-electron chi connectivity index (χ3n) is 8.45. The molecule has 4 aromatic rings. The Bertz CT molecular complexity index is 1830. The molecule has 1 aliphatic rings. The van der Waals surface area contributed by atoms with E-state index in [4.69, 9.17) is 16.0 Å². The number of hydrogen-bond donors (Lipinski definition) is 2. The molecule has 2 N–H and O–H groups in total. The Hall–Kier alpha value is -4.67. The van der Waals surface area contributed by atoms with Crippen LogP contribution in [0.15, 0.2) is 75.9 Å². The number of carbonyl (C=O) groups is 3. The zero-order valence-corrected chi connectivity index (χ0v) is 27.9. The number of likely N-dealkylation sites (N-methyl/N-ethyl adjacent to an activating group) is 1. The van der Waals surface area contributed by atoms with Crippen LogP contribution in [0.1, 0.15) is 37.6 Å².